The van der Waals surface area contributed by atoms with Crippen molar-refractivity contribution >= 4 is 29.9 Å². The highest BCUT2D eigenvalue weighted by Crippen LogP contribution is 2.28. The molecule has 2 aromatic carbocycles. The van der Waals surface area contributed by atoms with Crippen molar-refractivity contribution in [2.45, 2.75) is 32.9 Å². The zero-order chi connectivity index (χ0) is 20.4. The zero-order valence-electron chi connectivity index (χ0n) is 17.6. The van der Waals surface area contributed by atoms with E-state index in [1.54, 1.807) is 14.0 Å². The molecule has 0 aliphatic rings. The number of aliphatic imine (C=N–C) groups is 1. The van der Waals surface area contributed by atoms with Crippen molar-refractivity contribution in [1.29, 1.82) is 0 Å². The van der Waals surface area contributed by atoms with Crippen LogP contribution in [0, 0.1) is 0 Å². The summed E-state index contributed by atoms with van der Waals surface area (Å²) in [7, 11) is 1.63. The van der Waals surface area contributed by atoms with Crippen molar-refractivity contribution in [3.63, 3.8) is 0 Å². The van der Waals surface area contributed by atoms with Crippen LogP contribution in [0.3, 0.4) is 0 Å². The van der Waals surface area contributed by atoms with Gasteiger partial charge in [0.2, 0.25) is 0 Å². The van der Waals surface area contributed by atoms with Gasteiger partial charge in [-0.25, -0.2) is 4.99 Å². The standard InChI is InChI=1S/C22H31N3O3.HI/c1-5-23-21(25-16-22(3,26)18-10-8-7-9-11-18)24-15-17-12-13-19(28-6-2)20(14-17)27-4;/h7-14,26H,5-6,15-16H2,1-4H3,(H2,23,24,25);1H. The highest BCUT2D eigenvalue weighted by Gasteiger charge is 2.22. The van der Waals surface area contributed by atoms with Gasteiger partial charge in [-0.05, 0) is 44.0 Å². The first-order valence-corrected chi connectivity index (χ1v) is 9.60. The van der Waals surface area contributed by atoms with Crippen LogP contribution in [-0.2, 0) is 12.1 Å². The molecule has 0 aromatic heterocycles. The molecule has 0 saturated carbocycles. The van der Waals surface area contributed by atoms with Gasteiger partial charge in [0.25, 0.3) is 0 Å². The third kappa shape index (κ3) is 7.74. The summed E-state index contributed by atoms with van der Waals surface area (Å²) < 4.78 is 10.9. The molecular weight excluding hydrogens is 481 g/mol. The molecule has 0 saturated heterocycles. The minimum Gasteiger partial charge on any atom is -0.493 e. The quantitative estimate of drug-likeness (QED) is 0.271. The molecule has 0 heterocycles. The van der Waals surface area contributed by atoms with E-state index in [0.29, 0.717) is 31.4 Å². The average molecular weight is 513 g/mol. The minimum absolute atomic E-state index is 0. The van der Waals surface area contributed by atoms with Crippen molar-refractivity contribution in [2.24, 2.45) is 4.99 Å². The van der Waals surface area contributed by atoms with Gasteiger partial charge >= 0.3 is 0 Å². The number of nitrogens with one attached hydrogen (secondary N) is 2. The van der Waals surface area contributed by atoms with Crippen LogP contribution < -0.4 is 20.1 Å². The molecule has 3 N–H and O–H groups in total. The monoisotopic (exact) mass is 513 g/mol. The molecule has 0 aliphatic carbocycles. The van der Waals surface area contributed by atoms with Crippen LogP contribution in [0.2, 0.25) is 0 Å². The largest absolute Gasteiger partial charge is 0.493 e. The number of ether oxygens (including phenoxy) is 2. The van der Waals surface area contributed by atoms with Gasteiger partial charge in [-0.2, -0.15) is 0 Å². The fourth-order valence-electron chi connectivity index (χ4n) is 2.75. The molecule has 0 aliphatic heterocycles. The Morgan fingerprint density at radius 3 is 2.41 bits per heavy atom. The molecule has 2 aromatic rings. The average Bonchev–Trinajstić information content (AvgIpc) is 2.71. The Bertz CT molecular complexity index is 767. The van der Waals surface area contributed by atoms with E-state index in [2.05, 4.69) is 15.6 Å². The van der Waals surface area contributed by atoms with E-state index >= 15 is 0 Å². The lowest BCUT2D eigenvalue weighted by atomic mass is 9.96. The number of methoxy groups -OCH3 is 1. The first-order chi connectivity index (χ1) is 13.5. The Balaban J connectivity index is 0.00000420. The smallest absolute Gasteiger partial charge is 0.191 e. The van der Waals surface area contributed by atoms with Gasteiger partial charge in [0.1, 0.15) is 5.60 Å². The van der Waals surface area contributed by atoms with E-state index in [4.69, 9.17) is 9.47 Å². The summed E-state index contributed by atoms with van der Waals surface area (Å²) in [6.45, 7) is 7.87. The molecule has 1 unspecified atom stereocenters. The summed E-state index contributed by atoms with van der Waals surface area (Å²) >= 11 is 0. The maximum absolute atomic E-state index is 10.8. The van der Waals surface area contributed by atoms with Gasteiger partial charge in [-0.3, -0.25) is 0 Å². The molecule has 0 spiro atoms. The summed E-state index contributed by atoms with van der Waals surface area (Å²) in [6.07, 6.45) is 0. The number of hydrogen-bond acceptors (Lipinski definition) is 4. The second-order valence-corrected chi connectivity index (χ2v) is 6.61. The van der Waals surface area contributed by atoms with E-state index < -0.39 is 5.60 Å². The van der Waals surface area contributed by atoms with Gasteiger partial charge in [0.05, 0.1) is 26.8 Å². The first-order valence-electron chi connectivity index (χ1n) is 9.60. The fraction of sp³-hybridized carbons (Fsp3) is 0.409. The lowest BCUT2D eigenvalue weighted by molar-refractivity contribution is 0.0617. The maximum atomic E-state index is 10.8. The second-order valence-electron chi connectivity index (χ2n) is 6.61. The molecule has 7 heteroatoms. The highest BCUT2D eigenvalue weighted by molar-refractivity contribution is 14.0. The van der Waals surface area contributed by atoms with Crippen molar-refractivity contribution in [3.05, 3.63) is 59.7 Å². The lowest BCUT2D eigenvalue weighted by Gasteiger charge is -2.25. The molecule has 0 amide bonds. The van der Waals surface area contributed by atoms with Crippen molar-refractivity contribution in [3.8, 4) is 11.5 Å². The van der Waals surface area contributed by atoms with E-state index in [-0.39, 0.29) is 24.0 Å². The van der Waals surface area contributed by atoms with Crippen LogP contribution >= 0.6 is 24.0 Å². The Labute approximate surface area is 190 Å². The predicted molar refractivity (Wildman–Crippen MR) is 128 cm³/mol. The number of aliphatic hydroxyl groups is 1. The molecule has 0 bridgehead atoms. The Morgan fingerprint density at radius 2 is 1.79 bits per heavy atom. The molecular formula is C22H32IN3O3. The molecule has 160 valence electrons. The number of hydrogen-bond donors (Lipinski definition) is 3. The van der Waals surface area contributed by atoms with Crippen LogP contribution in [0.4, 0.5) is 0 Å². The summed E-state index contributed by atoms with van der Waals surface area (Å²) in [5, 5.41) is 17.2. The summed E-state index contributed by atoms with van der Waals surface area (Å²) in [5.41, 5.74) is 0.863. The highest BCUT2D eigenvalue weighted by atomic mass is 127. The maximum Gasteiger partial charge on any atom is 0.191 e. The summed E-state index contributed by atoms with van der Waals surface area (Å²) in [5.74, 6) is 2.06. The van der Waals surface area contributed by atoms with E-state index in [9.17, 15) is 5.11 Å². The second kappa shape index (κ2) is 12.5. The fourth-order valence-corrected chi connectivity index (χ4v) is 2.75. The summed E-state index contributed by atoms with van der Waals surface area (Å²) in [4.78, 5) is 4.62. The number of benzene rings is 2. The molecule has 1 atom stereocenters. The number of nitrogens with zero attached hydrogens (tertiary/aromatic N) is 1. The molecule has 2 rings (SSSR count). The number of rotatable bonds is 9. The lowest BCUT2D eigenvalue weighted by Crippen LogP contribution is -2.44. The Hall–Kier alpha value is -2.00. The topological polar surface area (TPSA) is 75.1 Å². The summed E-state index contributed by atoms with van der Waals surface area (Å²) in [6, 6.07) is 15.4. The van der Waals surface area contributed by atoms with E-state index in [1.165, 1.54) is 0 Å². The van der Waals surface area contributed by atoms with Gasteiger partial charge in [0.15, 0.2) is 17.5 Å². The van der Waals surface area contributed by atoms with Gasteiger partial charge in [-0.15, -0.1) is 24.0 Å². The SMILES string of the molecule is CCNC(=NCc1ccc(OCC)c(OC)c1)NCC(C)(O)c1ccccc1.I. The third-order valence-electron chi connectivity index (χ3n) is 4.29. The van der Waals surface area contributed by atoms with Gasteiger partial charge in [0, 0.05) is 6.54 Å². The Kier molecular flexibility index (Phi) is 10.8. The van der Waals surface area contributed by atoms with Gasteiger partial charge in [-0.1, -0.05) is 36.4 Å². The number of halogens is 1. The normalized spacial score (nSPS) is 13.1. The van der Waals surface area contributed by atoms with Gasteiger partial charge < -0.3 is 25.2 Å². The molecule has 29 heavy (non-hydrogen) atoms. The van der Waals surface area contributed by atoms with E-state index in [0.717, 1.165) is 23.4 Å². The minimum atomic E-state index is -1.00. The van der Waals surface area contributed by atoms with Crippen LogP contribution in [0.25, 0.3) is 0 Å². The van der Waals surface area contributed by atoms with E-state index in [1.807, 2.05) is 62.4 Å². The van der Waals surface area contributed by atoms with Crippen molar-refractivity contribution < 1.29 is 14.6 Å². The van der Waals surface area contributed by atoms with Crippen LogP contribution in [0.5, 0.6) is 11.5 Å². The first kappa shape index (κ1) is 25.0. The van der Waals surface area contributed by atoms with Crippen LogP contribution in [0.15, 0.2) is 53.5 Å². The number of guanidine groups is 1. The zero-order valence-corrected chi connectivity index (χ0v) is 19.9. The third-order valence-corrected chi connectivity index (χ3v) is 4.29. The predicted octanol–water partition coefficient (Wildman–Crippen LogP) is 3.67. The van der Waals surface area contributed by atoms with Crippen LogP contribution in [-0.4, -0.2) is 37.9 Å². The van der Waals surface area contributed by atoms with Crippen molar-refractivity contribution in [1.82, 2.24) is 10.6 Å². The van der Waals surface area contributed by atoms with Crippen LogP contribution in [0.1, 0.15) is 31.9 Å². The molecule has 0 radical (unpaired) electrons. The Morgan fingerprint density at radius 1 is 1.07 bits per heavy atom. The molecule has 0 fully saturated rings. The molecule has 6 nitrogen and oxygen atoms in total. The van der Waals surface area contributed by atoms with Crippen molar-refractivity contribution in [2.75, 3.05) is 26.8 Å².